The van der Waals surface area contributed by atoms with Gasteiger partial charge in [-0.15, -0.1) is 0 Å². The van der Waals surface area contributed by atoms with Crippen LogP contribution in [0.3, 0.4) is 0 Å². The van der Waals surface area contributed by atoms with Crippen molar-refractivity contribution in [1.82, 2.24) is 20.1 Å². The summed E-state index contributed by atoms with van der Waals surface area (Å²) < 4.78 is 1.73. The molecular weight excluding hydrogens is 438 g/mol. The van der Waals surface area contributed by atoms with Crippen LogP contribution in [0.2, 0.25) is 0 Å². The lowest BCUT2D eigenvalue weighted by atomic mass is 9.96. The van der Waals surface area contributed by atoms with Gasteiger partial charge in [0.05, 0.1) is 29.6 Å². The molecule has 2 aromatic carbocycles. The van der Waals surface area contributed by atoms with Gasteiger partial charge in [0.25, 0.3) is 0 Å². The highest BCUT2D eigenvalue weighted by Crippen LogP contribution is 2.32. The molecule has 3 N–H and O–H groups in total. The Bertz CT molecular complexity index is 1370. The number of nitrogens with one attached hydrogen (secondary N) is 3. The third-order valence-electron chi connectivity index (χ3n) is 6.11. The zero-order valence-electron chi connectivity index (χ0n) is 19.3. The van der Waals surface area contributed by atoms with Crippen LogP contribution in [-0.2, 0) is 18.3 Å². The molecule has 8 nitrogen and oxygen atoms in total. The molecule has 2 aromatic heterocycles. The number of fused-ring (bicyclic) bond motifs is 1. The third-order valence-corrected chi connectivity index (χ3v) is 6.11. The van der Waals surface area contributed by atoms with Gasteiger partial charge in [0.15, 0.2) is 5.82 Å². The van der Waals surface area contributed by atoms with Gasteiger partial charge in [-0.25, -0.2) is 4.98 Å². The number of nitrogens with zero attached hydrogens (tertiary/aromatic N) is 4. The fourth-order valence-electron chi connectivity index (χ4n) is 4.27. The summed E-state index contributed by atoms with van der Waals surface area (Å²) in [4.78, 5) is 17.8. The lowest BCUT2D eigenvalue weighted by molar-refractivity contribution is -0.117. The van der Waals surface area contributed by atoms with Gasteiger partial charge in [-0.2, -0.15) is 10.4 Å². The molecule has 0 radical (unpaired) electrons. The molecule has 4 aromatic rings. The lowest BCUT2D eigenvalue weighted by Crippen LogP contribution is -2.48. The lowest BCUT2D eigenvalue weighted by Gasteiger charge is -2.33. The largest absolute Gasteiger partial charge is 0.355 e. The van der Waals surface area contributed by atoms with E-state index in [1.165, 1.54) is 0 Å². The Balaban J connectivity index is 1.35. The van der Waals surface area contributed by atoms with Crippen molar-refractivity contribution in [2.45, 2.75) is 18.5 Å². The first kappa shape index (κ1) is 22.3. The van der Waals surface area contributed by atoms with Crippen LogP contribution in [0, 0.1) is 11.3 Å². The molecule has 0 aliphatic carbocycles. The SMILES string of the molecule is Cn1cc(-c2cnc3c(c2)NC(=O)[C@@H]([C@@H](NCCc2ccc(C#N)cc2)c2ccccc2)N3)cn1. The van der Waals surface area contributed by atoms with E-state index in [1.807, 2.05) is 73.9 Å². The maximum Gasteiger partial charge on any atom is 0.249 e. The molecule has 1 aliphatic heterocycles. The second kappa shape index (κ2) is 9.79. The Kier molecular flexibility index (Phi) is 6.24. The molecule has 1 amide bonds. The standard InChI is InChI=1S/C27H25N7O/c1-34-17-22(16-31-34)21-13-23-26(30-15-21)33-25(27(35)32-23)24(20-5-3-2-4-6-20)29-12-11-18-7-9-19(14-28)10-8-18/h2-10,13,15-17,24-25,29H,11-12H2,1H3,(H,30,33)(H,32,35)/t24-,25+/m0/s1. The third kappa shape index (κ3) is 4.90. The summed E-state index contributed by atoms with van der Waals surface area (Å²) in [6.45, 7) is 0.664. The number of nitriles is 1. The molecule has 0 saturated heterocycles. The summed E-state index contributed by atoms with van der Waals surface area (Å²) in [5.74, 6) is 0.513. The van der Waals surface area contributed by atoms with Crippen LogP contribution in [0.5, 0.6) is 0 Å². The fraction of sp³-hybridized carbons (Fsp3) is 0.185. The summed E-state index contributed by atoms with van der Waals surface area (Å²) in [5, 5.41) is 23.2. The molecule has 174 valence electrons. The van der Waals surface area contributed by atoms with Gasteiger partial charge in [-0.05, 0) is 42.3 Å². The maximum absolute atomic E-state index is 13.2. The van der Waals surface area contributed by atoms with Crippen molar-refractivity contribution in [2.24, 2.45) is 7.05 Å². The van der Waals surface area contributed by atoms with Crippen molar-refractivity contribution in [3.05, 3.63) is 95.9 Å². The van der Waals surface area contributed by atoms with E-state index in [4.69, 9.17) is 5.26 Å². The molecule has 0 spiro atoms. The summed E-state index contributed by atoms with van der Waals surface area (Å²) in [6.07, 6.45) is 6.24. The fourth-order valence-corrected chi connectivity index (χ4v) is 4.27. The zero-order chi connectivity index (χ0) is 24.2. The van der Waals surface area contributed by atoms with Gasteiger partial charge in [-0.1, -0.05) is 42.5 Å². The number of carbonyl (C=O) groups is 1. The number of hydrogen-bond acceptors (Lipinski definition) is 6. The van der Waals surface area contributed by atoms with Crippen molar-refractivity contribution in [3.63, 3.8) is 0 Å². The molecule has 0 bridgehead atoms. The smallest absolute Gasteiger partial charge is 0.249 e. The minimum Gasteiger partial charge on any atom is -0.355 e. The zero-order valence-corrected chi connectivity index (χ0v) is 19.3. The van der Waals surface area contributed by atoms with Crippen LogP contribution in [0.1, 0.15) is 22.7 Å². The topological polar surface area (TPSA) is 108 Å². The monoisotopic (exact) mass is 463 g/mol. The number of aromatic nitrogens is 3. The molecule has 1 aliphatic rings. The predicted molar refractivity (Wildman–Crippen MR) is 135 cm³/mol. The van der Waals surface area contributed by atoms with Crippen LogP contribution in [0.4, 0.5) is 11.5 Å². The molecule has 0 saturated carbocycles. The average molecular weight is 464 g/mol. The van der Waals surface area contributed by atoms with E-state index >= 15 is 0 Å². The molecule has 8 heteroatoms. The molecule has 3 heterocycles. The minimum absolute atomic E-state index is 0.123. The Morgan fingerprint density at radius 2 is 1.91 bits per heavy atom. The van der Waals surface area contributed by atoms with Crippen LogP contribution >= 0.6 is 0 Å². The van der Waals surface area contributed by atoms with E-state index in [2.05, 4.69) is 32.1 Å². The summed E-state index contributed by atoms with van der Waals surface area (Å²) in [7, 11) is 1.86. The highest BCUT2D eigenvalue weighted by molar-refractivity contribution is 6.03. The number of carbonyl (C=O) groups excluding carboxylic acids is 1. The van der Waals surface area contributed by atoms with Crippen LogP contribution < -0.4 is 16.0 Å². The molecule has 0 unspecified atom stereocenters. The van der Waals surface area contributed by atoms with E-state index in [0.717, 1.165) is 28.7 Å². The second-order valence-electron chi connectivity index (χ2n) is 8.54. The van der Waals surface area contributed by atoms with Gasteiger partial charge in [0.1, 0.15) is 6.04 Å². The van der Waals surface area contributed by atoms with E-state index in [0.29, 0.717) is 23.6 Å². The number of pyridine rings is 1. The van der Waals surface area contributed by atoms with E-state index in [-0.39, 0.29) is 11.9 Å². The quantitative estimate of drug-likeness (QED) is 0.386. The van der Waals surface area contributed by atoms with Gasteiger partial charge < -0.3 is 16.0 Å². The van der Waals surface area contributed by atoms with E-state index in [1.54, 1.807) is 17.1 Å². The van der Waals surface area contributed by atoms with Crippen molar-refractivity contribution >= 4 is 17.4 Å². The summed E-state index contributed by atoms with van der Waals surface area (Å²) in [5.41, 5.74) is 5.25. The Morgan fingerprint density at radius 1 is 1.11 bits per heavy atom. The van der Waals surface area contributed by atoms with E-state index in [9.17, 15) is 4.79 Å². The number of rotatable bonds is 7. The van der Waals surface area contributed by atoms with E-state index < -0.39 is 6.04 Å². The van der Waals surface area contributed by atoms with Gasteiger partial charge in [0, 0.05) is 30.6 Å². The van der Waals surface area contributed by atoms with Crippen molar-refractivity contribution in [3.8, 4) is 17.2 Å². The minimum atomic E-state index is -0.539. The summed E-state index contributed by atoms with van der Waals surface area (Å²) >= 11 is 0. The second-order valence-corrected chi connectivity index (χ2v) is 8.54. The molecular formula is C27H25N7O. The van der Waals surface area contributed by atoms with Gasteiger partial charge in [-0.3, -0.25) is 9.48 Å². The average Bonchev–Trinajstić information content (AvgIpc) is 3.33. The summed E-state index contributed by atoms with van der Waals surface area (Å²) in [6, 6.07) is 20.8. The first-order valence-electron chi connectivity index (χ1n) is 11.4. The van der Waals surface area contributed by atoms with Crippen molar-refractivity contribution in [1.29, 1.82) is 5.26 Å². The Hall–Kier alpha value is -4.48. The number of anilines is 2. The van der Waals surface area contributed by atoms with Gasteiger partial charge >= 0.3 is 0 Å². The predicted octanol–water partition coefficient (Wildman–Crippen LogP) is 3.66. The Labute approximate surface area is 203 Å². The first-order valence-corrected chi connectivity index (χ1v) is 11.4. The number of aryl methyl sites for hydroxylation is 1. The van der Waals surface area contributed by atoms with Crippen molar-refractivity contribution in [2.75, 3.05) is 17.2 Å². The number of hydrogen-bond donors (Lipinski definition) is 3. The molecule has 5 rings (SSSR count). The highest BCUT2D eigenvalue weighted by Gasteiger charge is 2.34. The molecule has 2 atom stereocenters. The van der Waals surface area contributed by atoms with Crippen LogP contribution in [0.25, 0.3) is 11.1 Å². The van der Waals surface area contributed by atoms with Crippen LogP contribution in [-0.4, -0.2) is 33.3 Å². The number of amides is 1. The molecule has 35 heavy (non-hydrogen) atoms. The molecule has 0 fully saturated rings. The van der Waals surface area contributed by atoms with Crippen molar-refractivity contribution < 1.29 is 4.79 Å². The normalized spacial score (nSPS) is 15.4. The first-order chi connectivity index (χ1) is 17.1. The van der Waals surface area contributed by atoms with Gasteiger partial charge in [0.2, 0.25) is 5.91 Å². The Morgan fingerprint density at radius 3 is 2.63 bits per heavy atom. The maximum atomic E-state index is 13.2. The highest BCUT2D eigenvalue weighted by atomic mass is 16.2. The number of benzene rings is 2. The van der Waals surface area contributed by atoms with Crippen LogP contribution in [0.15, 0.2) is 79.3 Å².